The SMILES string of the molecule is Cc1c[n+](C)c(C)n1C.Cc1c[n+](C)c(C)n1C.Cc1c[n+](C)c(C)n1C.O=P([O-])([O-])[O-]. The van der Waals surface area contributed by atoms with Crippen molar-refractivity contribution in [3.8, 4) is 0 Å². The van der Waals surface area contributed by atoms with E-state index in [1.54, 1.807) is 0 Å². The number of hydrogen-bond acceptors (Lipinski definition) is 4. The summed E-state index contributed by atoms with van der Waals surface area (Å²) in [4.78, 5) is 25.6. The summed E-state index contributed by atoms with van der Waals surface area (Å²) >= 11 is 0. The minimum atomic E-state index is -5.39. The Kier molecular flexibility index (Phi) is 11.3. The van der Waals surface area contributed by atoms with Gasteiger partial charge in [-0.25, -0.2) is 27.4 Å². The van der Waals surface area contributed by atoms with Crippen molar-refractivity contribution in [2.75, 3.05) is 0 Å². The Morgan fingerprint density at radius 1 is 0.594 bits per heavy atom. The van der Waals surface area contributed by atoms with E-state index >= 15 is 0 Å². The van der Waals surface area contributed by atoms with E-state index in [1.165, 1.54) is 34.6 Å². The summed E-state index contributed by atoms with van der Waals surface area (Å²) in [5.74, 6) is 3.85. The maximum absolute atomic E-state index is 8.55. The molecule has 0 atom stereocenters. The largest absolute Gasteiger partial charge is 0.822 e. The average molecular weight is 471 g/mol. The van der Waals surface area contributed by atoms with Gasteiger partial charge in [0.15, 0.2) is 0 Å². The molecule has 0 aromatic carbocycles. The quantitative estimate of drug-likeness (QED) is 0.296. The van der Waals surface area contributed by atoms with E-state index in [2.05, 4.69) is 130 Å². The Hall–Kier alpha value is -2.26. The van der Waals surface area contributed by atoms with E-state index in [0.29, 0.717) is 0 Å². The smallest absolute Gasteiger partial charge is 0.253 e. The van der Waals surface area contributed by atoms with Crippen LogP contribution in [0.15, 0.2) is 18.6 Å². The molecule has 0 radical (unpaired) electrons. The van der Waals surface area contributed by atoms with Crippen LogP contribution in [0.1, 0.15) is 34.6 Å². The van der Waals surface area contributed by atoms with Gasteiger partial charge in [0.1, 0.15) is 35.7 Å². The van der Waals surface area contributed by atoms with Crippen molar-refractivity contribution in [3.63, 3.8) is 0 Å². The predicted octanol–water partition coefficient (Wildman–Crippen LogP) is -1.43. The minimum absolute atomic E-state index is 1.28. The summed E-state index contributed by atoms with van der Waals surface area (Å²) in [7, 11) is 7.01. The second-order valence-electron chi connectivity index (χ2n) is 7.91. The van der Waals surface area contributed by atoms with Crippen molar-refractivity contribution in [1.82, 2.24) is 13.7 Å². The van der Waals surface area contributed by atoms with Crippen LogP contribution in [0.4, 0.5) is 0 Å². The topological polar surface area (TPSA) is 113 Å². The van der Waals surface area contributed by atoms with E-state index in [-0.39, 0.29) is 0 Å². The molecule has 182 valence electrons. The zero-order valence-corrected chi connectivity index (χ0v) is 22.4. The Bertz CT molecular complexity index is 880. The molecular formula is C21H39N6O4P. The molecule has 0 aliphatic rings. The summed E-state index contributed by atoms with van der Waals surface area (Å²) < 4.78 is 21.4. The molecule has 0 amide bonds. The van der Waals surface area contributed by atoms with E-state index < -0.39 is 7.82 Å². The molecule has 0 spiro atoms. The van der Waals surface area contributed by atoms with Gasteiger partial charge in [-0.15, -0.1) is 0 Å². The lowest BCUT2D eigenvalue weighted by Gasteiger charge is -2.36. The summed E-state index contributed by atoms with van der Waals surface area (Å²) in [5, 5.41) is 0. The standard InChI is InChI=1S/3C7H13N2.H3O4P/c3*1-6-5-8(3)7(2)9(6)4;1-5(2,3)4/h3*5H,1-4H3;(H3,1,2,3,4)/q3*+1;/p-3. The van der Waals surface area contributed by atoms with Crippen LogP contribution in [0, 0.1) is 41.5 Å². The van der Waals surface area contributed by atoms with E-state index in [1.807, 2.05) is 0 Å². The van der Waals surface area contributed by atoms with E-state index in [4.69, 9.17) is 19.2 Å². The molecule has 0 saturated heterocycles. The Morgan fingerprint density at radius 3 is 0.781 bits per heavy atom. The first-order valence-corrected chi connectivity index (χ1v) is 11.5. The number of rotatable bonds is 0. The molecule has 11 heteroatoms. The number of phosphoric acid groups is 1. The monoisotopic (exact) mass is 470 g/mol. The van der Waals surface area contributed by atoms with Gasteiger partial charge in [0.05, 0.1) is 42.3 Å². The van der Waals surface area contributed by atoms with Crippen molar-refractivity contribution < 1.29 is 32.9 Å². The third kappa shape index (κ3) is 9.48. The van der Waals surface area contributed by atoms with Crippen molar-refractivity contribution in [2.45, 2.75) is 41.5 Å². The lowest BCUT2D eigenvalue weighted by molar-refractivity contribution is -0.677. The van der Waals surface area contributed by atoms with Crippen LogP contribution in [-0.4, -0.2) is 13.7 Å². The van der Waals surface area contributed by atoms with Gasteiger partial charge in [-0.1, -0.05) is 0 Å². The number of aryl methyl sites for hydroxylation is 6. The molecule has 0 fully saturated rings. The number of nitrogens with zero attached hydrogens (tertiary/aromatic N) is 6. The van der Waals surface area contributed by atoms with Crippen molar-refractivity contribution >= 4 is 7.82 Å². The maximum atomic E-state index is 8.55. The molecule has 3 aromatic rings. The summed E-state index contributed by atoms with van der Waals surface area (Å²) in [5.41, 5.74) is 3.90. The summed E-state index contributed by atoms with van der Waals surface area (Å²) in [6.45, 7) is 12.6. The van der Waals surface area contributed by atoms with Crippen LogP contribution in [0.3, 0.4) is 0 Å². The van der Waals surface area contributed by atoms with E-state index in [0.717, 1.165) is 0 Å². The Balaban J connectivity index is 0.000000410. The molecule has 0 aliphatic carbocycles. The third-order valence-corrected chi connectivity index (χ3v) is 5.72. The highest BCUT2D eigenvalue weighted by Gasteiger charge is 2.09. The van der Waals surface area contributed by atoms with Crippen molar-refractivity contribution in [1.29, 1.82) is 0 Å². The average Bonchev–Trinajstić information content (AvgIpc) is 3.12. The number of imidazole rings is 3. The van der Waals surface area contributed by atoms with Gasteiger partial charge in [-0.2, -0.15) is 7.82 Å². The summed E-state index contributed by atoms with van der Waals surface area (Å²) in [6.07, 6.45) is 6.36. The van der Waals surface area contributed by atoms with Gasteiger partial charge in [0.2, 0.25) is 0 Å². The molecule has 3 heterocycles. The normalized spacial score (nSPS) is 10.5. The fourth-order valence-corrected chi connectivity index (χ4v) is 2.86. The van der Waals surface area contributed by atoms with Gasteiger partial charge >= 0.3 is 0 Å². The van der Waals surface area contributed by atoms with Gasteiger partial charge < -0.3 is 19.2 Å². The second kappa shape index (κ2) is 12.1. The highest BCUT2D eigenvalue weighted by molar-refractivity contribution is 7.40. The summed E-state index contributed by atoms with van der Waals surface area (Å²) in [6, 6.07) is 0. The molecule has 3 aromatic heterocycles. The predicted molar refractivity (Wildman–Crippen MR) is 116 cm³/mol. The molecule has 0 unspecified atom stereocenters. The Labute approximate surface area is 191 Å². The van der Waals surface area contributed by atoms with Crippen LogP contribution in [0.5, 0.6) is 0 Å². The molecule has 10 nitrogen and oxygen atoms in total. The third-order valence-electron chi connectivity index (χ3n) is 5.72. The minimum Gasteiger partial charge on any atom is -0.822 e. The molecular weight excluding hydrogens is 431 g/mol. The number of aromatic nitrogens is 6. The van der Waals surface area contributed by atoms with E-state index in [9.17, 15) is 0 Å². The molecule has 0 bridgehead atoms. The van der Waals surface area contributed by atoms with Crippen LogP contribution < -0.4 is 28.4 Å². The fraction of sp³-hybridized carbons (Fsp3) is 0.571. The van der Waals surface area contributed by atoms with Crippen LogP contribution in [0.25, 0.3) is 0 Å². The molecule has 0 aliphatic heterocycles. The first-order valence-electron chi connectivity index (χ1n) is 10.1. The lowest BCUT2D eigenvalue weighted by Crippen LogP contribution is -2.29. The fourth-order valence-electron chi connectivity index (χ4n) is 2.86. The molecule has 3 rings (SSSR count). The highest BCUT2D eigenvalue weighted by Crippen LogP contribution is 2.03. The van der Waals surface area contributed by atoms with Gasteiger partial charge in [-0.3, -0.25) is 0 Å². The Morgan fingerprint density at radius 2 is 0.750 bits per heavy atom. The molecule has 0 N–H and O–H groups in total. The van der Waals surface area contributed by atoms with Gasteiger partial charge in [0, 0.05) is 41.5 Å². The first-order chi connectivity index (χ1) is 14.4. The first kappa shape index (κ1) is 29.7. The van der Waals surface area contributed by atoms with Crippen molar-refractivity contribution in [2.24, 2.45) is 42.3 Å². The van der Waals surface area contributed by atoms with Crippen LogP contribution in [-0.2, 0) is 46.9 Å². The van der Waals surface area contributed by atoms with Gasteiger partial charge in [-0.05, 0) is 0 Å². The second-order valence-corrected chi connectivity index (χ2v) is 8.80. The zero-order valence-electron chi connectivity index (χ0n) is 21.5. The zero-order chi connectivity index (χ0) is 25.5. The maximum Gasteiger partial charge on any atom is 0.253 e. The van der Waals surface area contributed by atoms with Crippen molar-refractivity contribution in [3.05, 3.63) is 53.1 Å². The lowest BCUT2D eigenvalue weighted by atomic mass is 10.5. The highest BCUT2D eigenvalue weighted by atomic mass is 31.2. The van der Waals surface area contributed by atoms with Crippen LogP contribution >= 0.6 is 7.82 Å². The van der Waals surface area contributed by atoms with Gasteiger partial charge in [0.25, 0.3) is 17.5 Å². The molecule has 0 saturated carbocycles. The van der Waals surface area contributed by atoms with Crippen LogP contribution in [0.2, 0.25) is 0 Å². The number of hydrogen-bond donors (Lipinski definition) is 0. The molecule has 32 heavy (non-hydrogen) atoms.